The number of carbonyl (C=O) groups excluding carboxylic acids is 1. The zero-order valence-corrected chi connectivity index (χ0v) is 17.3. The number of hydrogen-bond donors (Lipinski definition) is 2. The molecule has 0 aromatic heterocycles. The van der Waals surface area contributed by atoms with E-state index >= 15 is 0 Å². The molecule has 0 fully saturated rings. The molecular formula is C21H34N2O5. The number of urea groups is 1. The average Bonchev–Trinajstić information content (AvgIpc) is 2.68. The number of ether oxygens (including phenoxy) is 2. The maximum Gasteiger partial charge on any atom is 0.333 e. The summed E-state index contributed by atoms with van der Waals surface area (Å²) in [5.74, 6) is -0.271. The van der Waals surface area contributed by atoms with Crippen LogP contribution in [0.5, 0.6) is 5.75 Å². The Balaban J connectivity index is 2.51. The van der Waals surface area contributed by atoms with Crippen molar-refractivity contribution in [2.24, 2.45) is 0 Å². The highest BCUT2D eigenvalue weighted by molar-refractivity contribution is 5.74. The fourth-order valence-corrected chi connectivity index (χ4v) is 2.76. The van der Waals surface area contributed by atoms with E-state index in [1.807, 2.05) is 31.2 Å². The lowest BCUT2D eigenvalue weighted by molar-refractivity contribution is -0.149. The Labute approximate surface area is 168 Å². The summed E-state index contributed by atoms with van der Waals surface area (Å²) >= 11 is 0. The third-order valence-electron chi connectivity index (χ3n) is 4.26. The van der Waals surface area contributed by atoms with Crippen molar-refractivity contribution in [1.82, 2.24) is 10.2 Å². The lowest BCUT2D eigenvalue weighted by Crippen LogP contribution is -2.42. The van der Waals surface area contributed by atoms with Crippen molar-refractivity contribution in [2.75, 3.05) is 32.8 Å². The molecule has 0 heterocycles. The molecule has 158 valence electrons. The number of amides is 2. The molecule has 28 heavy (non-hydrogen) atoms. The number of rotatable bonds is 14. The molecule has 0 aliphatic rings. The highest BCUT2D eigenvalue weighted by Crippen LogP contribution is 2.15. The highest BCUT2D eigenvalue weighted by atomic mass is 16.5. The molecule has 0 bridgehead atoms. The predicted molar refractivity (Wildman–Crippen MR) is 109 cm³/mol. The van der Waals surface area contributed by atoms with Crippen molar-refractivity contribution in [3.8, 4) is 5.75 Å². The molecule has 1 unspecified atom stereocenters. The number of carboxylic acid groups (broad SMARTS) is 1. The smallest absolute Gasteiger partial charge is 0.333 e. The molecular weight excluding hydrogens is 360 g/mol. The molecule has 2 amide bonds. The molecule has 0 spiro atoms. The number of carboxylic acids is 1. The third-order valence-corrected chi connectivity index (χ3v) is 4.26. The van der Waals surface area contributed by atoms with Gasteiger partial charge in [0.2, 0.25) is 0 Å². The maximum atomic E-state index is 12.1. The summed E-state index contributed by atoms with van der Waals surface area (Å²) in [5, 5.41) is 12.0. The van der Waals surface area contributed by atoms with Gasteiger partial charge in [0.1, 0.15) is 12.4 Å². The largest absolute Gasteiger partial charge is 0.492 e. The first-order valence-electron chi connectivity index (χ1n) is 10.1. The van der Waals surface area contributed by atoms with Gasteiger partial charge in [0.15, 0.2) is 6.10 Å². The average molecular weight is 395 g/mol. The monoisotopic (exact) mass is 394 g/mol. The summed E-state index contributed by atoms with van der Waals surface area (Å²) in [6, 6.07) is 7.25. The van der Waals surface area contributed by atoms with Crippen molar-refractivity contribution in [3.05, 3.63) is 29.8 Å². The standard InChI is InChI=1S/C21H34N2O5/c1-4-7-8-13-23(21(26)22-5-2)14-15-28-18-11-9-17(10-12-18)16-19(20(24)25)27-6-3/h9-12,19H,4-8,13-16H2,1-3H3,(H,22,26)(H,24,25). The summed E-state index contributed by atoms with van der Waals surface area (Å²) in [6.07, 6.45) is 2.65. The molecule has 1 aromatic carbocycles. The number of hydrogen-bond acceptors (Lipinski definition) is 4. The maximum absolute atomic E-state index is 12.1. The Morgan fingerprint density at radius 1 is 1.11 bits per heavy atom. The first-order valence-corrected chi connectivity index (χ1v) is 10.1. The van der Waals surface area contributed by atoms with Crippen LogP contribution in [0, 0.1) is 0 Å². The van der Waals surface area contributed by atoms with Gasteiger partial charge in [0, 0.05) is 26.1 Å². The number of nitrogens with one attached hydrogen (secondary N) is 1. The Hall–Kier alpha value is -2.28. The van der Waals surface area contributed by atoms with E-state index in [-0.39, 0.29) is 6.03 Å². The Bertz CT molecular complexity index is 577. The van der Waals surface area contributed by atoms with Crippen LogP contribution in [-0.2, 0) is 16.0 Å². The van der Waals surface area contributed by atoms with Crippen LogP contribution in [0.15, 0.2) is 24.3 Å². The van der Waals surface area contributed by atoms with Gasteiger partial charge < -0.3 is 24.8 Å². The van der Waals surface area contributed by atoms with Gasteiger partial charge in [0.05, 0.1) is 6.54 Å². The van der Waals surface area contributed by atoms with E-state index < -0.39 is 12.1 Å². The van der Waals surface area contributed by atoms with Crippen LogP contribution < -0.4 is 10.1 Å². The van der Waals surface area contributed by atoms with Crippen molar-refractivity contribution in [2.45, 2.75) is 52.6 Å². The Kier molecular flexibility index (Phi) is 11.7. The third kappa shape index (κ3) is 9.08. The van der Waals surface area contributed by atoms with Crippen LogP contribution in [0.2, 0.25) is 0 Å². The van der Waals surface area contributed by atoms with Crippen molar-refractivity contribution in [1.29, 1.82) is 0 Å². The molecule has 0 radical (unpaired) electrons. The predicted octanol–water partition coefficient (Wildman–Crippen LogP) is 3.32. The minimum Gasteiger partial charge on any atom is -0.492 e. The Morgan fingerprint density at radius 3 is 2.39 bits per heavy atom. The molecule has 7 nitrogen and oxygen atoms in total. The molecule has 1 aromatic rings. The van der Waals surface area contributed by atoms with E-state index in [9.17, 15) is 9.59 Å². The minimum absolute atomic E-state index is 0.0619. The van der Waals surface area contributed by atoms with E-state index in [4.69, 9.17) is 14.6 Å². The lowest BCUT2D eigenvalue weighted by Gasteiger charge is -2.23. The van der Waals surface area contributed by atoms with Gasteiger partial charge in [-0.15, -0.1) is 0 Å². The molecule has 0 aliphatic heterocycles. The van der Waals surface area contributed by atoms with Crippen LogP contribution >= 0.6 is 0 Å². The number of nitrogens with zero attached hydrogens (tertiary/aromatic N) is 1. The second kappa shape index (κ2) is 13.8. The summed E-state index contributed by atoms with van der Waals surface area (Å²) < 4.78 is 11.0. The van der Waals surface area contributed by atoms with Gasteiger partial charge in [0.25, 0.3) is 0 Å². The van der Waals surface area contributed by atoms with E-state index in [1.54, 1.807) is 11.8 Å². The molecule has 1 rings (SSSR count). The molecule has 2 N–H and O–H groups in total. The summed E-state index contributed by atoms with van der Waals surface area (Å²) in [6.45, 7) is 8.41. The fourth-order valence-electron chi connectivity index (χ4n) is 2.76. The molecule has 1 atom stereocenters. The Morgan fingerprint density at radius 2 is 1.82 bits per heavy atom. The quantitative estimate of drug-likeness (QED) is 0.473. The topological polar surface area (TPSA) is 88.1 Å². The molecule has 7 heteroatoms. The van der Waals surface area contributed by atoms with Crippen molar-refractivity contribution >= 4 is 12.0 Å². The summed E-state index contributed by atoms with van der Waals surface area (Å²) in [4.78, 5) is 25.1. The van der Waals surface area contributed by atoms with Gasteiger partial charge in [-0.2, -0.15) is 0 Å². The van der Waals surface area contributed by atoms with Gasteiger partial charge in [-0.25, -0.2) is 9.59 Å². The minimum atomic E-state index is -0.962. The van der Waals surface area contributed by atoms with Crippen LogP contribution in [0.3, 0.4) is 0 Å². The van der Waals surface area contributed by atoms with E-state index in [0.29, 0.717) is 38.5 Å². The van der Waals surface area contributed by atoms with Gasteiger partial charge >= 0.3 is 12.0 Å². The van der Waals surface area contributed by atoms with Gasteiger partial charge in [-0.1, -0.05) is 31.9 Å². The van der Waals surface area contributed by atoms with Crippen LogP contribution in [0.1, 0.15) is 45.6 Å². The number of carbonyl (C=O) groups is 2. The first-order chi connectivity index (χ1) is 13.5. The van der Waals surface area contributed by atoms with E-state index in [0.717, 1.165) is 31.4 Å². The normalized spacial score (nSPS) is 11.7. The fraction of sp³-hybridized carbons (Fsp3) is 0.619. The molecule has 0 aliphatic carbocycles. The second-order valence-electron chi connectivity index (χ2n) is 6.51. The molecule has 0 saturated carbocycles. The zero-order valence-electron chi connectivity index (χ0n) is 17.3. The number of aliphatic carboxylic acids is 1. The van der Waals surface area contributed by atoms with Crippen LogP contribution in [0.25, 0.3) is 0 Å². The SMILES string of the molecule is CCCCCN(CCOc1ccc(CC(OCC)C(=O)O)cc1)C(=O)NCC. The lowest BCUT2D eigenvalue weighted by atomic mass is 10.1. The number of unbranched alkanes of at least 4 members (excludes halogenated alkanes) is 2. The zero-order chi connectivity index (χ0) is 20.8. The first kappa shape index (κ1) is 23.8. The highest BCUT2D eigenvalue weighted by Gasteiger charge is 2.18. The van der Waals surface area contributed by atoms with Crippen molar-refractivity contribution < 1.29 is 24.2 Å². The number of benzene rings is 1. The van der Waals surface area contributed by atoms with E-state index in [1.165, 1.54) is 0 Å². The van der Waals surface area contributed by atoms with Gasteiger partial charge in [-0.05, 0) is 38.0 Å². The van der Waals surface area contributed by atoms with Crippen LogP contribution in [-0.4, -0.2) is 61.0 Å². The van der Waals surface area contributed by atoms with Crippen LogP contribution in [0.4, 0.5) is 4.79 Å². The van der Waals surface area contributed by atoms with Crippen molar-refractivity contribution in [3.63, 3.8) is 0 Å². The van der Waals surface area contributed by atoms with Gasteiger partial charge in [-0.3, -0.25) is 0 Å². The summed E-state index contributed by atoms with van der Waals surface area (Å²) in [5.41, 5.74) is 0.872. The second-order valence-corrected chi connectivity index (χ2v) is 6.51. The van der Waals surface area contributed by atoms with E-state index in [2.05, 4.69) is 12.2 Å². The molecule has 0 saturated heterocycles. The summed E-state index contributed by atoms with van der Waals surface area (Å²) in [7, 11) is 0.